The average molecular weight is 311 g/mol. The van der Waals surface area contributed by atoms with Crippen molar-refractivity contribution >= 4 is 15.9 Å². The maximum atomic E-state index is 6.01. The molecule has 2 atom stereocenters. The minimum atomic E-state index is 0.378. The van der Waals surface area contributed by atoms with Gasteiger partial charge in [0.05, 0.1) is 0 Å². The number of likely N-dealkylation sites (tertiary alicyclic amines) is 1. The van der Waals surface area contributed by atoms with Crippen LogP contribution >= 0.6 is 15.9 Å². The molecule has 0 bridgehead atoms. The molecule has 0 aromatic heterocycles. The molecular formula is C15H23BrN2. The lowest BCUT2D eigenvalue weighted by Crippen LogP contribution is -2.34. The van der Waals surface area contributed by atoms with Gasteiger partial charge in [0.25, 0.3) is 0 Å². The van der Waals surface area contributed by atoms with Crippen LogP contribution in [0.4, 0.5) is 0 Å². The summed E-state index contributed by atoms with van der Waals surface area (Å²) in [4.78, 5) is 2.56. The van der Waals surface area contributed by atoms with Crippen LogP contribution < -0.4 is 5.73 Å². The molecule has 1 saturated heterocycles. The number of nitrogens with two attached hydrogens (primary N) is 1. The summed E-state index contributed by atoms with van der Waals surface area (Å²) in [5.41, 5.74) is 7.35. The number of nitrogens with zero attached hydrogens (tertiary/aromatic N) is 1. The molecule has 0 saturated carbocycles. The van der Waals surface area contributed by atoms with E-state index < -0.39 is 0 Å². The first-order valence-electron chi connectivity index (χ1n) is 6.90. The van der Waals surface area contributed by atoms with Gasteiger partial charge in [-0.1, -0.05) is 35.0 Å². The van der Waals surface area contributed by atoms with Gasteiger partial charge < -0.3 is 5.73 Å². The van der Waals surface area contributed by atoms with Crippen LogP contribution in [-0.4, -0.2) is 24.5 Å². The third-order valence-corrected chi connectivity index (χ3v) is 4.50. The quantitative estimate of drug-likeness (QED) is 0.924. The van der Waals surface area contributed by atoms with E-state index in [1.54, 1.807) is 0 Å². The fourth-order valence-electron chi connectivity index (χ4n) is 2.78. The van der Waals surface area contributed by atoms with E-state index in [0.717, 1.165) is 10.4 Å². The lowest BCUT2D eigenvalue weighted by atomic mass is 10.0. The van der Waals surface area contributed by atoms with Crippen LogP contribution in [0.15, 0.2) is 28.7 Å². The highest BCUT2D eigenvalue weighted by Gasteiger charge is 2.21. The fourth-order valence-corrected chi connectivity index (χ4v) is 3.04. The van der Waals surface area contributed by atoms with Gasteiger partial charge in [-0.15, -0.1) is 0 Å². The lowest BCUT2D eigenvalue weighted by molar-refractivity contribution is 0.207. The molecule has 1 aliphatic rings. The molecule has 0 aliphatic carbocycles. The topological polar surface area (TPSA) is 29.3 Å². The normalized spacial score (nSPS) is 23.6. The number of hydrogen-bond acceptors (Lipinski definition) is 2. The first kappa shape index (κ1) is 14.0. The third kappa shape index (κ3) is 3.56. The Morgan fingerprint density at radius 1 is 1.28 bits per heavy atom. The summed E-state index contributed by atoms with van der Waals surface area (Å²) in [7, 11) is 0. The van der Waals surface area contributed by atoms with E-state index in [-0.39, 0.29) is 0 Å². The van der Waals surface area contributed by atoms with Crippen LogP contribution in [0.1, 0.15) is 37.8 Å². The molecule has 1 aromatic rings. The molecular weight excluding hydrogens is 288 g/mol. The second-order valence-electron chi connectivity index (χ2n) is 5.38. The zero-order valence-electron chi connectivity index (χ0n) is 11.1. The maximum absolute atomic E-state index is 6.01. The number of benzene rings is 1. The van der Waals surface area contributed by atoms with Crippen LogP contribution in [0.25, 0.3) is 0 Å². The smallest absolute Gasteiger partial charge is 0.0470 e. The van der Waals surface area contributed by atoms with Crippen molar-refractivity contribution in [3.05, 3.63) is 34.3 Å². The predicted octanol–water partition coefficient (Wildman–Crippen LogP) is 3.57. The molecule has 2 rings (SSSR count). The van der Waals surface area contributed by atoms with Crippen molar-refractivity contribution < 1.29 is 0 Å². The average Bonchev–Trinajstić information content (AvgIpc) is 2.58. The van der Waals surface area contributed by atoms with Crippen molar-refractivity contribution in [2.75, 3.05) is 19.6 Å². The van der Waals surface area contributed by atoms with Crippen molar-refractivity contribution in [1.29, 1.82) is 0 Å². The van der Waals surface area contributed by atoms with Gasteiger partial charge >= 0.3 is 0 Å². The summed E-state index contributed by atoms with van der Waals surface area (Å²) < 4.78 is 1.13. The van der Waals surface area contributed by atoms with Crippen molar-refractivity contribution in [2.24, 2.45) is 11.7 Å². The second-order valence-corrected chi connectivity index (χ2v) is 6.29. The van der Waals surface area contributed by atoms with E-state index in [9.17, 15) is 0 Å². The number of halogens is 1. The summed E-state index contributed by atoms with van der Waals surface area (Å²) >= 11 is 3.49. The van der Waals surface area contributed by atoms with Gasteiger partial charge in [-0.05, 0) is 56.0 Å². The Morgan fingerprint density at radius 2 is 2.00 bits per heavy atom. The molecule has 2 nitrogen and oxygen atoms in total. The Hall–Kier alpha value is -0.380. The van der Waals surface area contributed by atoms with E-state index >= 15 is 0 Å². The summed E-state index contributed by atoms with van der Waals surface area (Å²) in [6, 6.07) is 8.98. The molecule has 0 spiro atoms. The van der Waals surface area contributed by atoms with Crippen LogP contribution in [0.2, 0.25) is 0 Å². The minimum Gasteiger partial charge on any atom is -0.329 e. The lowest BCUT2D eigenvalue weighted by Gasteiger charge is -2.30. The molecule has 1 fully saturated rings. The van der Waals surface area contributed by atoms with Gasteiger partial charge in [0.15, 0.2) is 0 Å². The Balaban J connectivity index is 2.09. The predicted molar refractivity (Wildman–Crippen MR) is 80.5 cm³/mol. The summed E-state index contributed by atoms with van der Waals surface area (Å²) in [6.07, 6.45) is 3.95. The van der Waals surface area contributed by atoms with Gasteiger partial charge in [0.2, 0.25) is 0 Å². The highest BCUT2D eigenvalue weighted by molar-refractivity contribution is 9.10. The number of hydrogen-bond donors (Lipinski definition) is 1. The monoisotopic (exact) mass is 310 g/mol. The molecule has 1 aromatic carbocycles. The van der Waals surface area contributed by atoms with Gasteiger partial charge in [-0.3, -0.25) is 4.90 Å². The molecule has 2 N–H and O–H groups in total. The van der Waals surface area contributed by atoms with Crippen molar-refractivity contribution in [3.63, 3.8) is 0 Å². The zero-order valence-corrected chi connectivity index (χ0v) is 12.7. The SMILES string of the molecule is CC1CCCN(C(CN)c2ccc(Br)cc2)CC1. The van der Waals surface area contributed by atoms with E-state index in [1.807, 2.05) is 0 Å². The Kier molecular flexibility index (Phi) is 5.22. The highest BCUT2D eigenvalue weighted by Crippen LogP contribution is 2.26. The van der Waals surface area contributed by atoms with Crippen LogP contribution in [0.3, 0.4) is 0 Å². The van der Waals surface area contributed by atoms with Gasteiger partial charge in [0, 0.05) is 17.1 Å². The van der Waals surface area contributed by atoms with Gasteiger partial charge in [-0.25, -0.2) is 0 Å². The van der Waals surface area contributed by atoms with Crippen molar-refractivity contribution in [2.45, 2.75) is 32.2 Å². The van der Waals surface area contributed by atoms with E-state index in [1.165, 1.54) is 37.9 Å². The minimum absolute atomic E-state index is 0.378. The first-order valence-corrected chi connectivity index (χ1v) is 7.69. The first-order chi connectivity index (χ1) is 8.70. The standard InChI is InChI=1S/C15H23BrN2/c1-12-3-2-9-18(10-8-12)15(11-17)13-4-6-14(16)7-5-13/h4-7,12,15H,2-3,8-11,17H2,1H3. The third-order valence-electron chi connectivity index (χ3n) is 3.97. The second kappa shape index (κ2) is 6.69. The largest absolute Gasteiger partial charge is 0.329 e. The molecule has 0 radical (unpaired) electrons. The van der Waals surface area contributed by atoms with Crippen LogP contribution in [0, 0.1) is 5.92 Å². The molecule has 3 heteroatoms. The molecule has 0 amide bonds. The molecule has 2 unspecified atom stereocenters. The molecule has 1 aliphatic heterocycles. The van der Waals surface area contributed by atoms with E-state index in [2.05, 4.69) is 52.0 Å². The Labute approximate surface area is 119 Å². The molecule has 100 valence electrons. The summed E-state index contributed by atoms with van der Waals surface area (Å²) in [5, 5.41) is 0. The Morgan fingerprint density at radius 3 is 2.67 bits per heavy atom. The molecule has 18 heavy (non-hydrogen) atoms. The zero-order chi connectivity index (χ0) is 13.0. The molecule has 1 heterocycles. The van der Waals surface area contributed by atoms with Crippen LogP contribution in [0.5, 0.6) is 0 Å². The van der Waals surface area contributed by atoms with Gasteiger partial charge in [0.1, 0.15) is 0 Å². The highest BCUT2D eigenvalue weighted by atomic mass is 79.9. The Bertz CT molecular complexity index is 363. The van der Waals surface area contributed by atoms with Crippen molar-refractivity contribution in [1.82, 2.24) is 4.90 Å². The summed E-state index contributed by atoms with van der Waals surface area (Å²) in [5.74, 6) is 0.860. The maximum Gasteiger partial charge on any atom is 0.0470 e. The summed E-state index contributed by atoms with van der Waals surface area (Å²) in [6.45, 7) is 5.43. The van der Waals surface area contributed by atoms with E-state index in [4.69, 9.17) is 5.73 Å². The van der Waals surface area contributed by atoms with E-state index in [0.29, 0.717) is 12.6 Å². The number of rotatable bonds is 3. The fraction of sp³-hybridized carbons (Fsp3) is 0.600. The van der Waals surface area contributed by atoms with Crippen molar-refractivity contribution in [3.8, 4) is 0 Å². The van der Waals surface area contributed by atoms with Crippen LogP contribution in [-0.2, 0) is 0 Å². The van der Waals surface area contributed by atoms with Gasteiger partial charge in [-0.2, -0.15) is 0 Å².